The van der Waals surface area contributed by atoms with E-state index in [2.05, 4.69) is 0 Å². The van der Waals surface area contributed by atoms with Crippen molar-refractivity contribution in [1.82, 2.24) is 4.90 Å². The molecule has 1 aromatic rings. The number of benzene rings is 1. The fraction of sp³-hybridized carbons (Fsp3) is 0.529. The molecule has 1 N–H and O–H groups in total. The zero-order chi connectivity index (χ0) is 15.6. The fourth-order valence-corrected chi connectivity index (χ4v) is 3.17. The van der Waals surface area contributed by atoms with Crippen molar-refractivity contribution >= 4 is 11.9 Å². The van der Waals surface area contributed by atoms with Crippen LogP contribution < -0.4 is 0 Å². The molecular formula is C17H23NO3. The van der Waals surface area contributed by atoms with Gasteiger partial charge in [0, 0.05) is 13.0 Å². The third-order valence-corrected chi connectivity index (χ3v) is 4.70. The third kappa shape index (κ3) is 3.26. The van der Waals surface area contributed by atoms with Gasteiger partial charge in [0.05, 0.1) is 12.0 Å². The minimum absolute atomic E-state index is 0.00239. The van der Waals surface area contributed by atoms with Crippen LogP contribution in [0.2, 0.25) is 0 Å². The van der Waals surface area contributed by atoms with Gasteiger partial charge in [0.2, 0.25) is 5.91 Å². The van der Waals surface area contributed by atoms with Gasteiger partial charge in [-0.25, -0.2) is 0 Å². The smallest absolute Gasteiger partial charge is 0.306 e. The number of aryl methyl sites for hydroxylation is 1. The Labute approximate surface area is 125 Å². The van der Waals surface area contributed by atoms with Gasteiger partial charge in [0.25, 0.3) is 0 Å². The van der Waals surface area contributed by atoms with E-state index < -0.39 is 5.97 Å². The molecule has 0 radical (unpaired) electrons. The van der Waals surface area contributed by atoms with Crippen LogP contribution in [0, 0.1) is 18.8 Å². The van der Waals surface area contributed by atoms with Crippen molar-refractivity contribution < 1.29 is 14.7 Å². The molecule has 1 aliphatic carbocycles. The Morgan fingerprint density at radius 2 is 1.86 bits per heavy atom. The highest BCUT2D eigenvalue weighted by atomic mass is 16.4. The van der Waals surface area contributed by atoms with E-state index in [0.717, 1.165) is 5.56 Å². The number of amides is 1. The number of hydrogen-bond donors (Lipinski definition) is 1. The van der Waals surface area contributed by atoms with Crippen LogP contribution in [-0.2, 0) is 9.59 Å². The van der Waals surface area contributed by atoms with Crippen LogP contribution in [0.4, 0.5) is 0 Å². The van der Waals surface area contributed by atoms with Crippen LogP contribution in [0.3, 0.4) is 0 Å². The monoisotopic (exact) mass is 289 g/mol. The number of hydrogen-bond acceptors (Lipinski definition) is 2. The average Bonchev–Trinajstić information content (AvgIpc) is 2.95. The number of carbonyl (C=O) groups excluding carboxylic acids is 1. The molecule has 0 heterocycles. The summed E-state index contributed by atoms with van der Waals surface area (Å²) in [7, 11) is 1.81. The van der Waals surface area contributed by atoms with E-state index in [9.17, 15) is 9.59 Å². The summed E-state index contributed by atoms with van der Waals surface area (Å²) in [5.41, 5.74) is 2.31. The second-order valence-corrected chi connectivity index (χ2v) is 6.03. The molecule has 0 saturated heterocycles. The average molecular weight is 289 g/mol. The zero-order valence-corrected chi connectivity index (χ0v) is 12.9. The molecule has 1 fully saturated rings. The van der Waals surface area contributed by atoms with Gasteiger partial charge in [0.15, 0.2) is 0 Å². The summed E-state index contributed by atoms with van der Waals surface area (Å²) in [6, 6.07) is 8.05. The molecule has 0 bridgehead atoms. The van der Waals surface area contributed by atoms with Crippen molar-refractivity contribution in [3.05, 3.63) is 35.4 Å². The summed E-state index contributed by atoms with van der Waals surface area (Å²) < 4.78 is 0. The van der Waals surface area contributed by atoms with Gasteiger partial charge in [-0.15, -0.1) is 0 Å². The fourth-order valence-electron chi connectivity index (χ4n) is 3.17. The molecule has 0 aliphatic heterocycles. The topological polar surface area (TPSA) is 57.6 Å². The molecule has 1 amide bonds. The van der Waals surface area contributed by atoms with E-state index in [-0.39, 0.29) is 23.8 Å². The lowest BCUT2D eigenvalue weighted by atomic mass is 9.99. The summed E-state index contributed by atoms with van der Waals surface area (Å²) in [6.07, 6.45) is 1.76. The van der Waals surface area contributed by atoms with Crippen LogP contribution in [0.25, 0.3) is 0 Å². The third-order valence-electron chi connectivity index (χ3n) is 4.70. The number of aliphatic carboxylic acids is 1. The largest absolute Gasteiger partial charge is 0.481 e. The standard InChI is InChI=1S/C17H23NO3/c1-11-6-4-5-7-15(11)12(2)18(3)16(19)13-8-9-14(10-13)17(20)21/h4-7,12-14H,8-10H2,1-3H3,(H,20,21)/t12?,13-,14+/m1/s1. The van der Waals surface area contributed by atoms with E-state index in [0.29, 0.717) is 19.3 Å². The summed E-state index contributed by atoms with van der Waals surface area (Å²) in [6.45, 7) is 4.06. The molecular weight excluding hydrogens is 266 g/mol. The van der Waals surface area contributed by atoms with Crippen LogP contribution in [0.1, 0.15) is 43.4 Å². The molecule has 4 nitrogen and oxygen atoms in total. The molecule has 4 heteroatoms. The predicted molar refractivity (Wildman–Crippen MR) is 80.8 cm³/mol. The Balaban J connectivity index is 2.06. The molecule has 1 unspecified atom stereocenters. The number of carbonyl (C=O) groups is 2. The first-order valence-corrected chi connectivity index (χ1v) is 7.46. The minimum Gasteiger partial charge on any atom is -0.481 e. The lowest BCUT2D eigenvalue weighted by Crippen LogP contribution is -2.34. The first-order chi connectivity index (χ1) is 9.91. The highest BCUT2D eigenvalue weighted by Crippen LogP contribution is 2.34. The Bertz CT molecular complexity index is 541. The molecule has 21 heavy (non-hydrogen) atoms. The molecule has 0 spiro atoms. The van der Waals surface area contributed by atoms with Gasteiger partial charge in [-0.2, -0.15) is 0 Å². The number of rotatable bonds is 4. The van der Waals surface area contributed by atoms with Gasteiger partial charge in [0.1, 0.15) is 0 Å². The van der Waals surface area contributed by atoms with Crippen LogP contribution in [-0.4, -0.2) is 28.9 Å². The lowest BCUT2D eigenvalue weighted by Gasteiger charge is -2.29. The van der Waals surface area contributed by atoms with Crippen molar-refractivity contribution in [3.63, 3.8) is 0 Å². The van der Waals surface area contributed by atoms with Gasteiger partial charge in [-0.3, -0.25) is 9.59 Å². The van der Waals surface area contributed by atoms with Gasteiger partial charge >= 0.3 is 5.97 Å². The second kappa shape index (κ2) is 6.29. The van der Waals surface area contributed by atoms with Gasteiger partial charge in [-0.05, 0) is 44.2 Å². The number of carboxylic acids is 1. The Morgan fingerprint density at radius 3 is 2.43 bits per heavy atom. The molecule has 1 saturated carbocycles. The Morgan fingerprint density at radius 1 is 1.24 bits per heavy atom. The Hall–Kier alpha value is -1.84. The van der Waals surface area contributed by atoms with Gasteiger partial charge < -0.3 is 10.0 Å². The van der Waals surface area contributed by atoms with E-state index >= 15 is 0 Å². The first kappa shape index (κ1) is 15.5. The van der Waals surface area contributed by atoms with Crippen LogP contribution in [0.5, 0.6) is 0 Å². The van der Waals surface area contributed by atoms with Crippen molar-refractivity contribution in [3.8, 4) is 0 Å². The van der Waals surface area contributed by atoms with E-state index in [4.69, 9.17) is 5.11 Å². The van der Waals surface area contributed by atoms with Crippen LogP contribution >= 0.6 is 0 Å². The van der Waals surface area contributed by atoms with E-state index in [1.54, 1.807) is 4.90 Å². The molecule has 1 aliphatic rings. The maximum absolute atomic E-state index is 12.6. The maximum atomic E-state index is 12.6. The van der Waals surface area contributed by atoms with Gasteiger partial charge in [-0.1, -0.05) is 24.3 Å². The van der Waals surface area contributed by atoms with Crippen molar-refractivity contribution in [2.45, 2.75) is 39.2 Å². The summed E-state index contributed by atoms with van der Waals surface area (Å²) in [5.74, 6) is -1.22. The van der Waals surface area contributed by atoms with Crippen molar-refractivity contribution in [2.24, 2.45) is 11.8 Å². The second-order valence-electron chi connectivity index (χ2n) is 6.03. The molecule has 3 atom stereocenters. The number of nitrogens with zero attached hydrogens (tertiary/aromatic N) is 1. The van der Waals surface area contributed by atoms with Crippen LogP contribution in [0.15, 0.2) is 24.3 Å². The molecule has 2 rings (SSSR count). The zero-order valence-electron chi connectivity index (χ0n) is 12.9. The first-order valence-electron chi connectivity index (χ1n) is 7.46. The van der Waals surface area contributed by atoms with Crippen molar-refractivity contribution in [2.75, 3.05) is 7.05 Å². The summed E-state index contributed by atoms with van der Waals surface area (Å²) in [4.78, 5) is 25.3. The predicted octanol–water partition coefficient (Wildman–Crippen LogP) is 3.02. The summed E-state index contributed by atoms with van der Waals surface area (Å²) in [5, 5.41) is 9.05. The molecule has 114 valence electrons. The van der Waals surface area contributed by atoms with Crippen molar-refractivity contribution in [1.29, 1.82) is 0 Å². The normalized spacial score (nSPS) is 22.8. The van der Waals surface area contributed by atoms with E-state index in [1.165, 1.54) is 5.56 Å². The molecule has 0 aromatic heterocycles. The highest BCUT2D eigenvalue weighted by molar-refractivity contribution is 5.81. The summed E-state index contributed by atoms with van der Waals surface area (Å²) >= 11 is 0. The van der Waals surface area contributed by atoms with E-state index in [1.807, 2.05) is 45.2 Å². The number of carboxylic acid groups (broad SMARTS) is 1. The lowest BCUT2D eigenvalue weighted by molar-refractivity contribution is -0.141. The maximum Gasteiger partial charge on any atom is 0.306 e. The molecule has 1 aromatic carbocycles. The minimum atomic E-state index is -0.778. The Kier molecular flexibility index (Phi) is 4.66. The SMILES string of the molecule is Cc1ccccc1C(C)N(C)C(=O)[C@@H]1CC[C@H](C(=O)O)C1. The quantitative estimate of drug-likeness (QED) is 0.927. The highest BCUT2D eigenvalue weighted by Gasteiger charge is 2.36.